The fraction of sp³-hybridized carbons (Fsp3) is 0.304. The maximum absolute atomic E-state index is 12.7. The molecule has 1 N–H and O–H groups in total. The molecule has 1 fully saturated rings. The molecule has 0 aliphatic carbocycles. The molecular formula is C23H26N6O. The highest BCUT2D eigenvalue weighted by Gasteiger charge is 2.26. The highest BCUT2D eigenvalue weighted by Crippen LogP contribution is 2.24. The summed E-state index contributed by atoms with van der Waals surface area (Å²) in [4.78, 5) is 21.0. The topological polar surface area (TPSA) is 74.2 Å². The smallest absolute Gasteiger partial charge is 0.227 e. The Morgan fingerprint density at radius 3 is 2.40 bits per heavy atom. The van der Waals surface area contributed by atoms with Gasteiger partial charge in [-0.15, -0.1) is 10.2 Å². The van der Waals surface area contributed by atoms with Crippen molar-refractivity contribution in [1.82, 2.24) is 15.2 Å². The molecule has 0 unspecified atom stereocenters. The zero-order chi connectivity index (χ0) is 20.9. The fourth-order valence-electron chi connectivity index (χ4n) is 3.62. The normalized spacial score (nSPS) is 14.4. The minimum absolute atomic E-state index is 0.0115. The van der Waals surface area contributed by atoms with Gasteiger partial charge in [0.25, 0.3) is 0 Å². The Morgan fingerprint density at radius 1 is 1.03 bits per heavy atom. The molecule has 154 valence electrons. The van der Waals surface area contributed by atoms with Crippen LogP contribution in [0.5, 0.6) is 0 Å². The summed E-state index contributed by atoms with van der Waals surface area (Å²) in [6.45, 7) is 1.58. The second kappa shape index (κ2) is 8.90. The maximum atomic E-state index is 12.7. The quantitative estimate of drug-likeness (QED) is 0.705. The van der Waals surface area contributed by atoms with Crippen LogP contribution in [0.2, 0.25) is 0 Å². The molecule has 0 radical (unpaired) electrons. The van der Waals surface area contributed by atoms with E-state index in [2.05, 4.69) is 25.4 Å². The van der Waals surface area contributed by atoms with E-state index in [0.29, 0.717) is 0 Å². The first-order chi connectivity index (χ1) is 14.6. The Kier molecular flexibility index (Phi) is 5.88. The molecule has 1 aromatic carbocycles. The van der Waals surface area contributed by atoms with Crippen LogP contribution in [0.3, 0.4) is 0 Å². The molecule has 7 heteroatoms. The third-order valence-electron chi connectivity index (χ3n) is 5.45. The lowest BCUT2D eigenvalue weighted by molar-refractivity contribution is -0.120. The Balaban J connectivity index is 1.31. The van der Waals surface area contributed by atoms with Gasteiger partial charge in [-0.3, -0.25) is 9.78 Å². The number of rotatable bonds is 5. The molecule has 0 bridgehead atoms. The Hall–Kier alpha value is -3.48. The summed E-state index contributed by atoms with van der Waals surface area (Å²) in [5.41, 5.74) is 3.70. The van der Waals surface area contributed by atoms with Crippen LogP contribution < -0.4 is 15.1 Å². The zero-order valence-electron chi connectivity index (χ0n) is 17.3. The molecule has 1 aliphatic rings. The van der Waals surface area contributed by atoms with Gasteiger partial charge in [0.2, 0.25) is 5.91 Å². The van der Waals surface area contributed by atoms with Gasteiger partial charge in [-0.2, -0.15) is 0 Å². The van der Waals surface area contributed by atoms with Crippen LogP contribution in [0, 0.1) is 5.92 Å². The van der Waals surface area contributed by atoms with Crippen molar-refractivity contribution >= 4 is 23.1 Å². The van der Waals surface area contributed by atoms with Crippen LogP contribution in [0.1, 0.15) is 12.8 Å². The number of pyridine rings is 1. The van der Waals surface area contributed by atoms with Gasteiger partial charge in [0, 0.05) is 62.4 Å². The summed E-state index contributed by atoms with van der Waals surface area (Å²) in [5.74, 6) is 0.948. The second-order valence-corrected chi connectivity index (χ2v) is 7.71. The molecule has 30 heavy (non-hydrogen) atoms. The molecule has 1 aliphatic heterocycles. The van der Waals surface area contributed by atoms with Crippen LogP contribution in [0.4, 0.5) is 17.2 Å². The van der Waals surface area contributed by atoms with E-state index < -0.39 is 0 Å². The number of carbonyl (C=O) groups excluding carboxylic acids is 1. The summed E-state index contributed by atoms with van der Waals surface area (Å²) < 4.78 is 0. The summed E-state index contributed by atoms with van der Waals surface area (Å²) in [6, 6.07) is 15.7. The lowest BCUT2D eigenvalue weighted by Gasteiger charge is -2.31. The first-order valence-electron chi connectivity index (χ1n) is 10.2. The molecular weight excluding hydrogens is 376 g/mol. The number of hydrogen-bond donors (Lipinski definition) is 1. The highest BCUT2D eigenvalue weighted by atomic mass is 16.1. The predicted molar refractivity (Wildman–Crippen MR) is 120 cm³/mol. The number of nitrogens with one attached hydrogen (secondary N) is 1. The monoisotopic (exact) mass is 402 g/mol. The highest BCUT2D eigenvalue weighted by molar-refractivity contribution is 5.92. The number of benzene rings is 1. The van der Waals surface area contributed by atoms with Crippen LogP contribution in [0.25, 0.3) is 11.3 Å². The molecule has 2 aromatic heterocycles. The average Bonchev–Trinajstić information content (AvgIpc) is 2.80. The lowest BCUT2D eigenvalue weighted by atomic mass is 9.95. The number of carbonyl (C=O) groups is 1. The third kappa shape index (κ3) is 4.56. The molecule has 1 saturated heterocycles. The Morgan fingerprint density at radius 2 is 1.80 bits per heavy atom. The number of aromatic nitrogens is 3. The summed E-state index contributed by atoms with van der Waals surface area (Å²) >= 11 is 0. The van der Waals surface area contributed by atoms with Crippen molar-refractivity contribution in [3.8, 4) is 11.3 Å². The van der Waals surface area contributed by atoms with Gasteiger partial charge >= 0.3 is 0 Å². The molecule has 4 rings (SSSR count). The predicted octanol–water partition coefficient (Wildman–Crippen LogP) is 3.46. The van der Waals surface area contributed by atoms with Crippen LogP contribution in [0.15, 0.2) is 60.9 Å². The first-order valence-corrected chi connectivity index (χ1v) is 10.2. The molecule has 3 heterocycles. The summed E-state index contributed by atoms with van der Waals surface area (Å²) in [6.07, 6.45) is 5.12. The standard InChI is InChI=1S/C23H26N6O/c1-28(2)20-7-5-19(6-8-20)25-23(30)17-11-14-29(15-12-17)22-10-9-21(26-27-22)18-4-3-13-24-16-18/h3-10,13,16-17H,11-12,14-15H2,1-2H3,(H,25,30). The van der Waals surface area contributed by atoms with E-state index in [4.69, 9.17) is 0 Å². The van der Waals surface area contributed by atoms with Gasteiger partial charge in [-0.05, 0) is 61.4 Å². The van der Waals surface area contributed by atoms with Gasteiger partial charge in [-0.1, -0.05) is 0 Å². The molecule has 0 saturated carbocycles. The van der Waals surface area contributed by atoms with E-state index in [1.807, 2.05) is 67.5 Å². The zero-order valence-corrected chi connectivity index (χ0v) is 17.3. The van der Waals surface area contributed by atoms with Gasteiger partial charge in [0.15, 0.2) is 5.82 Å². The molecule has 3 aromatic rings. The Labute approximate surface area is 176 Å². The summed E-state index contributed by atoms with van der Waals surface area (Å²) in [5, 5.41) is 11.8. The molecule has 0 atom stereocenters. The minimum Gasteiger partial charge on any atom is -0.378 e. The van der Waals surface area contributed by atoms with Crippen LogP contribution >= 0.6 is 0 Å². The van der Waals surface area contributed by atoms with Gasteiger partial charge in [0.1, 0.15) is 0 Å². The van der Waals surface area contributed by atoms with Crippen molar-refractivity contribution in [3.05, 3.63) is 60.9 Å². The molecule has 0 spiro atoms. The fourth-order valence-corrected chi connectivity index (χ4v) is 3.62. The van der Waals surface area contributed by atoms with E-state index >= 15 is 0 Å². The molecule has 1 amide bonds. The number of nitrogens with zero attached hydrogens (tertiary/aromatic N) is 5. The van der Waals surface area contributed by atoms with Crippen molar-refractivity contribution in [3.63, 3.8) is 0 Å². The van der Waals surface area contributed by atoms with Gasteiger partial charge in [-0.25, -0.2) is 0 Å². The average molecular weight is 403 g/mol. The largest absolute Gasteiger partial charge is 0.378 e. The van der Waals surface area contributed by atoms with Crippen molar-refractivity contribution in [2.45, 2.75) is 12.8 Å². The van der Waals surface area contributed by atoms with Crippen molar-refractivity contribution in [2.24, 2.45) is 5.92 Å². The SMILES string of the molecule is CN(C)c1ccc(NC(=O)C2CCN(c3ccc(-c4cccnc4)nn3)CC2)cc1. The molecule has 7 nitrogen and oxygen atoms in total. The van der Waals surface area contributed by atoms with Crippen molar-refractivity contribution in [2.75, 3.05) is 42.3 Å². The minimum atomic E-state index is 0.0115. The lowest BCUT2D eigenvalue weighted by Crippen LogP contribution is -2.38. The number of anilines is 3. The van der Waals surface area contributed by atoms with E-state index in [0.717, 1.165) is 54.4 Å². The van der Waals surface area contributed by atoms with Gasteiger partial charge < -0.3 is 15.1 Å². The number of piperidine rings is 1. The summed E-state index contributed by atoms with van der Waals surface area (Å²) in [7, 11) is 4.00. The van der Waals surface area contributed by atoms with Crippen LogP contribution in [-0.2, 0) is 4.79 Å². The third-order valence-corrected chi connectivity index (χ3v) is 5.45. The maximum Gasteiger partial charge on any atom is 0.227 e. The van der Waals surface area contributed by atoms with Crippen molar-refractivity contribution in [1.29, 1.82) is 0 Å². The number of amides is 1. The Bertz CT molecular complexity index is 965. The van der Waals surface area contributed by atoms with Crippen molar-refractivity contribution < 1.29 is 4.79 Å². The van der Waals surface area contributed by atoms with E-state index in [1.54, 1.807) is 12.4 Å². The van der Waals surface area contributed by atoms with E-state index in [1.165, 1.54) is 0 Å². The van der Waals surface area contributed by atoms with E-state index in [9.17, 15) is 4.79 Å². The first kappa shape index (κ1) is 19.8. The van der Waals surface area contributed by atoms with Gasteiger partial charge in [0.05, 0.1) is 5.69 Å². The number of hydrogen-bond acceptors (Lipinski definition) is 6. The van der Waals surface area contributed by atoms with E-state index in [-0.39, 0.29) is 11.8 Å². The second-order valence-electron chi connectivity index (χ2n) is 7.71. The van der Waals surface area contributed by atoms with Crippen LogP contribution in [-0.4, -0.2) is 48.3 Å².